The predicted molar refractivity (Wildman–Crippen MR) is 217 cm³/mol. The molecule has 1 atom stereocenters. The van der Waals surface area contributed by atoms with E-state index in [0.29, 0.717) is 59.6 Å². The summed E-state index contributed by atoms with van der Waals surface area (Å²) in [6.45, 7) is 3.05. The second-order valence-corrected chi connectivity index (χ2v) is 15.9. The fourth-order valence-electron chi connectivity index (χ4n) is 8.92. The summed E-state index contributed by atoms with van der Waals surface area (Å²) in [4.78, 5) is 65.2. The number of piperazine rings is 1. The van der Waals surface area contributed by atoms with E-state index in [9.17, 15) is 23.6 Å². The molecule has 0 spiro atoms. The average molecular weight is 794 g/mol. The number of carbonyl (C=O) groups is 3. The van der Waals surface area contributed by atoms with Gasteiger partial charge in [0.1, 0.15) is 17.6 Å². The number of aromatic amines is 1. The smallest absolute Gasteiger partial charge is 0.255 e. The fraction of sp³-hybridized carbons (Fsp3) is 0.442. The lowest BCUT2D eigenvalue weighted by molar-refractivity contribution is -0.133. The van der Waals surface area contributed by atoms with Gasteiger partial charge in [-0.3, -0.25) is 29.4 Å². The summed E-state index contributed by atoms with van der Waals surface area (Å²) in [5.74, 6) is -1.10. The minimum absolute atomic E-state index is 0.000397. The van der Waals surface area contributed by atoms with Gasteiger partial charge in [-0.1, -0.05) is 18.2 Å². The Balaban J connectivity index is 0.760. The summed E-state index contributed by atoms with van der Waals surface area (Å²) in [6.07, 6.45) is 10.3. The molecular formula is C43H49F2N9O4. The lowest BCUT2D eigenvalue weighted by Crippen LogP contribution is -2.52. The summed E-state index contributed by atoms with van der Waals surface area (Å²) in [7, 11) is 0. The van der Waals surface area contributed by atoms with E-state index in [2.05, 4.69) is 46.0 Å². The molecule has 4 heterocycles. The number of nitrogens with zero attached hydrogens (tertiary/aromatic N) is 4. The number of amides is 3. The molecule has 2 aromatic heterocycles. The van der Waals surface area contributed by atoms with Gasteiger partial charge < -0.3 is 25.8 Å². The van der Waals surface area contributed by atoms with Gasteiger partial charge in [0.25, 0.3) is 5.56 Å². The number of halogens is 2. The largest absolute Gasteiger partial charge is 0.374 e. The monoisotopic (exact) mass is 793 g/mol. The van der Waals surface area contributed by atoms with Crippen LogP contribution in [0.2, 0.25) is 0 Å². The lowest BCUT2D eigenvalue weighted by Gasteiger charge is -2.42. The van der Waals surface area contributed by atoms with Crippen molar-refractivity contribution in [3.63, 3.8) is 0 Å². The van der Waals surface area contributed by atoms with Crippen molar-refractivity contribution in [2.45, 2.75) is 88.4 Å². The zero-order chi connectivity index (χ0) is 40.2. The fourth-order valence-corrected chi connectivity index (χ4v) is 8.92. The van der Waals surface area contributed by atoms with Crippen LogP contribution in [0.3, 0.4) is 0 Å². The van der Waals surface area contributed by atoms with Crippen LogP contribution in [0.4, 0.5) is 26.1 Å². The summed E-state index contributed by atoms with van der Waals surface area (Å²) >= 11 is 0. The SMILES string of the molecule is O=C1CC[C@H](Nc2ccc(N3CCN([C@H]4CC[C@H](C(=O)N[C@H]5CC[C@H](Nc6ncc(F)c(-c7cccc(-c8ccc[nH]c8=O)c7)n6)CC5)CC4)CC3)c(F)c2)C(=O)N1. The van der Waals surface area contributed by atoms with Gasteiger partial charge in [-0.2, -0.15) is 0 Å². The molecule has 2 saturated carbocycles. The number of nitrogens with one attached hydrogen (secondary N) is 5. The van der Waals surface area contributed by atoms with Crippen LogP contribution in [0.15, 0.2) is 71.8 Å². The maximum Gasteiger partial charge on any atom is 0.255 e. The first kappa shape index (κ1) is 39.1. The van der Waals surface area contributed by atoms with Gasteiger partial charge in [-0.15, -0.1) is 0 Å². The molecule has 5 N–H and O–H groups in total. The molecule has 2 saturated heterocycles. The van der Waals surface area contributed by atoms with Crippen LogP contribution in [0, 0.1) is 17.6 Å². The van der Waals surface area contributed by atoms with E-state index in [1.54, 1.807) is 54.7 Å². The van der Waals surface area contributed by atoms with Crippen molar-refractivity contribution < 1.29 is 23.2 Å². The maximum atomic E-state index is 15.2. The van der Waals surface area contributed by atoms with E-state index in [-0.39, 0.29) is 59.2 Å². The van der Waals surface area contributed by atoms with Crippen molar-refractivity contribution in [2.75, 3.05) is 41.7 Å². The first-order valence-electron chi connectivity index (χ1n) is 20.4. The number of hydrogen-bond donors (Lipinski definition) is 5. The molecule has 8 rings (SSSR count). The topological polar surface area (TPSA) is 164 Å². The average Bonchev–Trinajstić information content (AvgIpc) is 3.24. The Bertz CT molecular complexity index is 2190. The molecule has 58 heavy (non-hydrogen) atoms. The van der Waals surface area contributed by atoms with E-state index in [0.717, 1.165) is 64.5 Å². The first-order valence-corrected chi connectivity index (χ1v) is 20.4. The summed E-state index contributed by atoms with van der Waals surface area (Å²) < 4.78 is 30.2. The molecular weight excluding hydrogens is 745 g/mol. The molecule has 0 bridgehead atoms. The molecule has 13 nitrogen and oxygen atoms in total. The molecule has 304 valence electrons. The van der Waals surface area contributed by atoms with Gasteiger partial charge in [0.2, 0.25) is 23.7 Å². The Morgan fingerprint density at radius 3 is 2.28 bits per heavy atom. The molecule has 2 aromatic carbocycles. The molecule has 4 fully saturated rings. The Morgan fingerprint density at radius 1 is 0.776 bits per heavy atom. The third-order valence-corrected chi connectivity index (χ3v) is 12.2. The van der Waals surface area contributed by atoms with Crippen LogP contribution in [0.5, 0.6) is 0 Å². The summed E-state index contributed by atoms with van der Waals surface area (Å²) in [5, 5.41) is 12.1. The van der Waals surface area contributed by atoms with Gasteiger partial charge in [-0.05, 0) is 99.7 Å². The molecule has 0 radical (unpaired) electrons. The molecule has 15 heteroatoms. The van der Waals surface area contributed by atoms with Gasteiger partial charge >= 0.3 is 0 Å². The Hall–Kier alpha value is -5.70. The lowest BCUT2D eigenvalue weighted by atomic mass is 9.83. The predicted octanol–water partition coefficient (Wildman–Crippen LogP) is 5.21. The van der Waals surface area contributed by atoms with Crippen LogP contribution in [-0.4, -0.2) is 87.9 Å². The number of aromatic nitrogens is 3. The van der Waals surface area contributed by atoms with Gasteiger partial charge in [0.05, 0.1) is 11.9 Å². The maximum absolute atomic E-state index is 15.2. The molecule has 4 aliphatic rings. The van der Waals surface area contributed by atoms with Crippen LogP contribution < -0.4 is 31.7 Å². The number of anilines is 3. The van der Waals surface area contributed by atoms with E-state index >= 15 is 4.39 Å². The Labute approximate surface area is 335 Å². The minimum Gasteiger partial charge on any atom is -0.374 e. The normalized spacial score (nSPS) is 24.2. The van der Waals surface area contributed by atoms with Crippen molar-refractivity contribution >= 4 is 35.0 Å². The highest BCUT2D eigenvalue weighted by Gasteiger charge is 2.33. The van der Waals surface area contributed by atoms with Crippen molar-refractivity contribution in [2.24, 2.45) is 5.92 Å². The van der Waals surface area contributed by atoms with Crippen LogP contribution in [-0.2, 0) is 14.4 Å². The van der Waals surface area contributed by atoms with Crippen LogP contribution in [0.25, 0.3) is 22.4 Å². The van der Waals surface area contributed by atoms with E-state index < -0.39 is 11.9 Å². The Kier molecular flexibility index (Phi) is 11.8. The summed E-state index contributed by atoms with van der Waals surface area (Å²) in [5.41, 5.74) is 2.68. The molecule has 2 aliphatic heterocycles. The minimum atomic E-state index is -0.565. The molecule has 2 aliphatic carbocycles. The van der Waals surface area contributed by atoms with E-state index in [1.807, 2.05) is 0 Å². The number of hydrogen-bond acceptors (Lipinski definition) is 10. The van der Waals surface area contributed by atoms with E-state index in [4.69, 9.17) is 0 Å². The number of pyridine rings is 1. The highest BCUT2D eigenvalue weighted by molar-refractivity contribution is 6.01. The second kappa shape index (κ2) is 17.4. The molecule has 0 unspecified atom stereocenters. The first-order chi connectivity index (χ1) is 28.2. The van der Waals surface area contributed by atoms with Crippen molar-refractivity contribution in [3.05, 3.63) is 89.0 Å². The van der Waals surface area contributed by atoms with Gasteiger partial charge in [-0.25, -0.2) is 18.7 Å². The zero-order valence-corrected chi connectivity index (χ0v) is 32.3. The van der Waals surface area contributed by atoms with E-state index in [1.165, 1.54) is 12.3 Å². The zero-order valence-electron chi connectivity index (χ0n) is 32.3. The highest BCUT2D eigenvalue weighted by atomic mass is 19.1. The van der Waals surface area contributed by atoms with Crippen molar-refractivity contribution in [1.29, 1.82) is 0 Å². The number of piperidine rings is 1. The van der Waals surface area contributed by atoms with Gasteiger partial charge in [0.15, 0.2) is 5.82 Å². The number of benzene rings is 2. The van der Waals surface area contributed by atoms with Crippen LogP contribution in [0.1, 0.15) is 64.2 Å². The highest BCUT2D eigenvalue weighted by Crippen LogP contribution is 2.32. The quantitative estimate of drug-likeness (QED) is 0.135. The number of rotatable bonds is 10. The summed E-state index contributed by atoms with van der Waals surface area (Å²) in [6, 6.07) is 15.5. The third kappa shape index (κ3) is 9.04. The third-order valence-electron chi connectivity index (χ3n) is 12.2. The molecule has 3 amide bonds. The van der Waals surface area contributed by atoms with Crippen molar-refractivity contribution in [3.8, 4) is 22.4 Å². The van der Waals surface area contributed by atoms with Crippen molar-refractivity contribution in [1.82, 2.24) is 30.5 Å². The van der Waals surface area contributed by atoms with Crippen LogP contribution >= 0.6 is 0 Å². The Morgan fingerprint density at radius 2 is 1.53 bits per heavy atom. The molecule has 4 aromatic rings. The number of H-pyrrole nitrogens is 1. The number of imide groups is 1. The number of carbonyl (C=O) groups excluding carboxylic acids is 3. The second-order valence-electron chi connectivity index (χ2n) is 15.9. The van der Waals surface area contributed by atoms with Gasteiger partial charge in [0, 0.05) is 79.7 Å². The standard InChI is InChI=1S/C43H49F2N9O4/c44-34-24-31(48-36-15-17-38(55)51-42(36)58)12-16-37(34)54-21-19-53(20-22-54)32-13-6-26(7-14-32)40(56)49-29-8-10-30(11-9-29)50-43-47-25-35(45)39(52-43)28-4-1-3-27(23-28)33-5-2-18-46-41(33)57/h1-5,12,16,18,23-26,29-30,32,36,48H,6-11,13-15,17,19-22H2,(H,46,57)(H,49,56)(H,47,50,52)(H,51,55,58)/t26-,29-,30-,32-,36-/m0/s1.